The summed E-state index contributed by atoms with van der Waals surface area (Å²) in [5, 5.41) is 0. The van der Waals surface area contributed by atoms with Crippen molar-refractivity contribution in [3.05, 3.63) is 36.1 Å². The topological polar surface area (TPSA) is 0 Å². The molecule has 1 rings (SSSR count). The Morgan fingerprint density at radius 3 is 1.09 bits per heavy atom. The van der Waals surface area contributed by atoms with Gasteiger partial charge in [0.1, 0.15) is 0 Å². The van der Waals surface area contributed by atoms with Gasteiger partial charge in [0.05, 0.1) is 0 Å². The molecule has 0 aromatic rings. The van der Waals surface area contributed by atoms with Gasteiger partial charge in [-0.15, -0.1) is 0 Å². The second-order valence-electron chi connectivity index (χ2n) is 1.57. The Kier molecular flexibility index (Phi) is 107. The molecular weight excluding hydrogens is 265 g/mol. The van der Waals surface area contributed by atoms with Crippen LogP contribution in [0.4, 0.5) is 0 Å². The van der Waals surface area contributed by atoms with Crippen LogP contribution in [0.1, 0.15) is 25.7 Å². The molecule has 11 heavy (non-hydrogen) atoms. The van der Waals surface area contributed by atoms with E-state index in [1.165, 1.54) is 25.7 Å². The Morgan fingerprint density at radius 2 is 1.00 bits per heavy atom. The second kappa shape index (κ2) is 30.0. The van der Waals surface area contributed by atoms with Crippen molar-refractivity contribution in [2.24, 2.45) is 0 Å². The van der Waals surface area contributed by atoms with Gasteiger partial charge in [0, 0.05) is 45.7 Å². The summed E-state index contributed by atoms with van der Waals surface area (Å²) >= 11 is 0. The van der Waals surface area contributed by atoms with Gasteiger partial charge < -0.3 is 36.1 Å². The van der Waals surface area contributed by atoms with E-state index in [9.17, 15) is 0 Å². The van der Waals surface area contributed by atoms with Crippen LogP contribution in [0.15, 0.2) is 0 Å². The van der Waals surface area contributed by atoms with Crippen molar-refractivity contribution in [3.8, 4) is 0 Å². The van der Waals surface area contributed by atoms with E-state index >= 15 is 0 Å². The van der Waals surface area contributed by atoms with Gasteiger partial charge in [0.15, 0.2) is 0 Å². The van der Waals surface area contributed by atoms with Crippen LogP contribution in [0.3, 0.4) is 0 Å². The fourth-order valence-electron chi connectivity index (χ4n) is 0.722. The van der Waals surface area contributed by atoms with Gasteiger partial charge >= 0.3 is 0 Å². The van der Waals surface area contributed by atoms with E-state index in [4.69, 9.17) is 0 Å². The first-order valence-corrected chi connectivity index (χ1v) is 2.32. The summed E-state index contributed by atoms with van der Waals surface area (Å²) in [5.74, 6) is 0. The van der Waals surface area contributed by atoms with Crippen molar-refractivity contribution in [1.29, 1.82) is 0 Å². The van der Waals surface area contributed by atoms with Crippen LogP contribution in [0.2, 0.25) is 0 Å². The minimum atomic E-state index is 0. The Bertz CT molecular complexity index is 21.1. The largest absolute Gasteiger partial charge is 0.358 e. The molecule has 0 N–H and O–H groups in total. The van der Waals surface area contributed by atoms with Crippen LogP contribution in [-0.2, 0) is 45.7 Å². The first kappa shape index (κ1) is 39.1. The van der Waals surface area contributed by atoms with E-state index in [-0.39, 0.29) is 75.4 Å². The summed E-state index contributed by atoms with van der Waals surface area (Å²) in [6.07, 6.45) is 8.00. The fourth-order valence-corrected chi connectivity index (χ4v) is 0.722. The molecule has 0 aliphatic heterocycles. The van der Waals surface area contributed by atoms with E-state index in [0.29, 0.717) is 0 Å². The van der Waals surface area contributed by atoms with Gasteiger partial charge in [0.25, 0.3) is 0 Å². The van der Waals surface area contributed by atoms with Crippen LogP contribution in [0.25, 0.3) is 0 Å². The van der Waals surface area contributed by atoms with Crippen LogP contribution >= 0.6 is 0 Å². The number of hydrogen-bond acceptors (Lipinski definition) is 0. The molecule has 0 atom stereocenters. The normalized spacial score (nSPS) is 10.9. The van der Waals surface area contributed by atoms with Crippen LogP contribution < -0.4 is 0 Å². The van der Waals surface area contributed by atoms with Gasteiger partial charge in [-0.1, -0.05) is 12.8 Å². The molecule has 0 amide bonds. The SMILES string of the molecule is [CH-]1CCCC1.[CH3-].[CH3-].[CH3-].[CH3-].[Zn].[Zr]. The molecule has 0 heterocycles. The third kappa shape index (κ3) is 24.6. The van der Waals surface area contributed by atoms with E-state index in [0.717, 1.165) is 0 Å². The quantitative estimate of drug-likeness (QED) is 0.472. The molecule has 2 heteroatoms. The number of hydrogen-bond donors (Lipinski definition) is 0. The minimum absolute atomic E-state index is 0. The van der Waals surface area contributed by atoms with Gasteiger partial charge in [-0.25, -0.2) is 0 Å². The van der Waals surface area contributed by atoms with E-state index in [1.807, 2.05) is 0 Å². The van der Waals surface area contributed by atoms with Crippen molar-refractivity contribution in [1.82, 2.24) is 0 Å². The van der Waals surface area contributed by atoms with Crippen molar-refractivity contribution in [2.75, 3.05) is 0 Å². The monoisotopic (exact) mass is 283 g/mol. The van der Waals surface area contributed by atoms with Gasteiger partial charge in [-0.3, -0.25) is 0 Å². The summed E-state index contributed by atoms with van der Waals surface area (Å²) in [6, 6.07) is 0. The fraction of sp³-hybridized carbons (Fsp3) is 0.444. The van der Waals surface area contributed by atoms with Crippen LogP contribution in [0, 0.1) is 36.1 Å². The molecule has 0 saturated heterocycles. The molecule has 0 bridgehead atoms. The molecule has 1 saturated carbocycles. The first-order valence-electron chi connectivity index (χ1n) is 2.32. The van der Waals surface area contributed by atoms with Crippen LogP contribution in [-0.4, -0.2) is 0 Å². The summed E-state index contributed by atoms with van der Waals surface area (Å²) < 4.78 is 0. The van der Waals surface area contributed by atoms with Crippen molar-refractivity contribution in [2.45, 2.75) is 25.7 Å². The summed E-state index contributed by atoms with van der Waals surface area (Å²) in [6.45, 7) is 0. The number of rotatable bonds is 0. The standard InChI is InChI=1S/C5H9.4CH3.Zn.Zr/c1-2-4-5-3-1;;;;;;/h1H,2-5H2;4*1H3;;/q5*-1;;. The summed E-state index contributed by atoms with van der Waals surface area (Å²) in [5.41, 5.74) is 0. The first-order chi connectivity index (χ1) is 2.50. The Balaban J connectivity index is -0.0000000104. The molecule has 0 spiro atoms. The van der Waals surface area contributed by atoms with Gasteiger partial charge in [-0.2, -0.15) is 12.8 Å². The maximum atomic E-state index is 2.36. The Hall–Kier alpha value is 1.51. The van der Waals surface area contributed by atoms with Gasteiger partial charge in [-0.05, 0) is 0 Å². The zero-order valence-electron chi connectivity index (χ0n) is 8.61. The third-order valence-corrected chi connectivity index (χ3v) is 1.07. The van der Waals surface area contributed by atoms with Crippen LogP contribution in [0.5, 0.6) is 0 Å². The molecule has 1 aliphatic carbocycles. The second-order valence-corrected chi connectivity index (χ2v) is 1.57. The van der Waals surface area contributed by atoms with E-state index < -0.39 is 0 Å². The molecule has 0 aromatic heterocycles. The van der Waals surface area contributed by atoms with Crippen molar-refractivity contribution in [3.63, 3.8) is 0 Å². The predicted molar refractivity (Wildman–Crippen MR) is 48.4 cm³/mol. The molecule has 0 unspecified atom stereocenters. The molecule has 1 aliphatic rings. The summed E-state index contributed by atoms with van der Waals surface area (Å²) in [4.78, 5) is 0. The average molecular weight is 286 g/mol. The Labute approximate surface area is 107 Å². The van der Waals surface area contributed by atoms with E-state index in [2.05, 4.69) is 6.42 Å². The Morgan fingerprint density at radius 1 is 0.727 bits per heavy atom. The third-order valence-electron chi connectivity index (χ3n) is 1.07. The van der Waals surface area contributed by atoms with Crippen molar-refractivity contribution < 1.29 is 45.7 Å². The maximum absolute atomic E-state index is 2.36. The zero-order chi connectivity index (χ0) is 3.54. The minimum Gasteiger partial charge on any atom is -0.358 e. The molecule has 1 fully saturated rings. The smallest absolute Gasteiger partial charge is 0 e. The summed E-state index contributed by atoms with van der Waals surface area (Å²) in [7, 11) is 0. The molecular formula is C9H21ZnZr-5. The molecule has 0 radical (unpaired) electrons. The predicted octanol–water partition coefficient (Wildman–Crippen LogP) is 3.56. The zero-order valence-corrected chi connectivity index (χ0v) is 14.0. The maximum Gasteiger partial charge on any atom is 0 e. The van der Waals surface area contributed by atoms with Gasteiger partial charge in [0.2, 0.25) is 0 Å². The average Bonchev–Trinajstić information content (AvgIpc) is 1.76. The van der Waals surface area contributed by atoms with E-state index in [1.54, 1.807) is 0 Å². The molecule has 0 nitrogen and oxygen atoms in total. The van der Waals surface area contributed by atoms with Crippen molar-refractivity contribution >= 4 is 0 Å². The molecule has 68 valence electrons. The molecule has 0 aromatic carbocycles.